The fraction of sp³-hybridized carbons (Fsp3) is 0.444. The fourth-order valence-electron chi connectivity index (χ4n) is 3.11. The van der Waals surface area contributed by atoms with Crippen molar-refractivity contribution in [3.05, 3.63) is 47.5 Å². The number of likely N-dealkylation sites (N-methyl/N-ethyl adjacent to an activating group) is 1. The zero-order valence-corrected chi connectivity index (χ0v) is 14.3. The number of carbonyl (C=O) groups excluding carboxylic acids is 1. The van der Waals surface area contributed by atoms with Gasteiger partial charge in [0.05, 0.1) is 5.69 Å². The summed E-state index contributed by atoms with van der Waals surface area (Å²) in [6.07, 6.45) is 2.28. The molecular formula is C18H23FN4O2. The van der Waals surface area contributed by atoms with E-state index in [2.05, 4.69) is 27.3 Å². The highest BCUT2D eigenvalue weighted by molar-refractivity contribution is 5.92. The van der Waals surface area contributed by atoms with Gasteiger partial charge in [-0.2, -0.15) is 5.10 Å². The summed E-state index contributed by atoms with van der Waals surface area (Å²) < 4.78 is 18.9. The van der Waals surface area contributed by atoms with E-state index in [0.29, 0.717) is 24.0 Å². The molecule has 2 aromatic rings. The van der Waals surface area contributed by atoms with Crippen LogP contribution in [-0.2, 0) is 6.61 Å². The lowest BCUT2D eigenvalue weighted by molar-refractivity contribution is 0.0936. The van der Waals surface area contributed by atoms with Crippen molar-refractivity contribution in [1.82, 2.24) is 20.4 Å². The molecule has 0 radical (unpaired) electrons. The van der Waals surface area contributed by atoms with E-state index in [1.54, 1.807) is 24.3 Å². The molecule has 1 saturated heterocycles. The molecule has 1 aliphatic rings. The first kappa shape index (κ1) is 17.4. The summed E-state index contributed by atoms with van der Waals surface area (Å²) >= 11 is 0. The molecule has 3 rings (SSSR count). The number of benzene rings is 1. The zero-order valence-electron chi connectivity index (χ0n) is 14.3. The topological polar surface area (TPSA) is 70.2 Å². The Bertz CT molecular complexity index is 719. The summed E-state index contributed by atoms with van der Waals surface area (Å²) in [5, 5.41) is 9.70. The summed E-state index contributed by atoms with van der Waals surface area (Å²) in [6, 6.07) is 8.22. The molecule has 6 nitrogen and oxygen atoms in total. The van der Waals surface area contributed by atoms with Crippen molar-refractivity contribution in [2.45, 2.75) is 32.4 Å². The van der Waals surface area contributed by atoms with Crippen molar-refractivity contribution in [3.63, 3.8) is 0 Å². The quantitative estimate of drug-likeness (QED) is 0.807. The van der Waals surface area contributed by atoms with Crippen molar-refractivity contribution in [2.75, 3.05) is 19.6 Å². The van der Waals surface area contributed by atoms with Crippen LogP contribution in [-0.4, -0.2) is 46.7 Å². The molecule has 0 aliphatic carbocycles. The van der Waals surface area contributed by atoms with Crippen LogP contribution in [0.15, 0.2) is 30.3 Å². The van der Waals surface area contributed by atoms with E-state index in [1.165, 1.54) is 12.5 Å². The Morgan fingerprint density at radius 3 is 3.12 bits per heavy atom. The van der Waals surface area contributed by atoms with Crippen molar-refractivity contribution in [1.29, 1.82) is 0 Å². The van der Waals surface area contributed by atoms with Gasteiger partial charge >= 0.3 is 0 Å². The predicted octanol–water partition coefficient (Wildman–Crippen LogP) is 2.34. The van der Waals surface area contributed by atoms with E-state index >= 15 is 0 Å². The van der Waals surface area contributed by atoms with Gasteiger partial charge in [0.1, 0.15) is 12.3 Å². The first-order valence-corrected chi connectivity index (χ1v) is 8.61. The number of aromatic amines is 1. The molecule has 25 heavy (non-hydrogen) atoms. The highest BCUT2D eigenvalue weighted by atomic mass is 19.1. The Morgan fingerprint density at radius 1 is 1.48 bits per heavy atom. The Labute approximate surface area is 146 Å². The molecule has 1 fully saturated rings. The Morgan fingerprint density at radius 2 is 2.32 bits per heavy atom. The highest BCUT2D eigenvalue weighted by Crippen LogP contribution is 2.17. The van der Waals surface area contributed by atoms with Gasteiger partial charge in [-0.05, 0) is 44.1 Å². The molecule has 1 atom stereocenters. The van der Waals surface area contributed by atoms with Crippen molar-refractivity contribution in [3.8, 4) is 5.75 Å². The van der Waals surface area contributed by atoms with Gasteiger partial charge in [-0.3, -0.25) is 14.8 Å². The van der Waals surface area contributed by atoms with Crippen molar-refractivity contribution in [2.24, 2.45) is 0 Å². The maximum absolute atomic E-state index is 13.5. The molecule has 0 spiro atoms. The number of nitrogens with zero attached hydrogens (tertiary/aromatic N) is 2. The summed E-state index contributed by atoms with van der Waals surface area (Å²) in [5.74, 6) is -0.461. The van der Waals surface area contributed by atoms with Gasteiger partial charge in [0.2, 0.25) is 0 Å². The van der Waals surface area contributed by atoms with Crippen LogP contribution in [0.4, 0.5) is 4.39 Å². The van der Waals surface area contributed by atoms with E-state index in [0.717, 1.165) is 19.5 Å². The van der Waals surface area contributed by atoms with Gasteiger partial charge in [0.15, 0.2) is 11.6 Å². The maximum Gasteiger partial charge on any atom is 0.271 e. The highest BCUT2D eigenvalue weighted by Gasteiger charge is 2.23. The number of rotatable bonds is 7. The van der Waals surface area contributed by atoms with Crippen LogP contribution < -0.4 is 10.1 Å². The van der Waals surface area contributed by atoms with Crippen LogP contribution in [0.5, 0.6) is 5.75 Å². The summed E-state index contributed by atoms with van der Waals surface area (Å²) in [5.41, 5.74) is 0.928. The predicted molar refractivity (Wildman–Crippen MR) is 91.9 cm³/mol. The molecule has 0 bridgehead atoms. The Kier molecular flexibility index (Phi) is 5.65. The number of aromatic nitrogens is 2. The normalized spacial score (nSPS) is 17.6. The van der Waals surface area contributed by atoms with Gasteiger partial charge in [-0.15, -0.1) is 0 Å². The van der Waals surface area contributed by atoms with Crippen LogP contribution in [0.1, 0.15) is 35.9 Å². The Hall–Kier alpha value is -2.41. The second-order valence-corrected chi connectivity index (χ2v) is 6.13. The van der Waals surface area contributed by atoms with Gasteiger partial charge in [-0.25, -0.2) is 4.39 Å². The molecule has 0 unspecified atom stereocenters. The smallest absolute Gasteiger partial charge is 0.271 e. The lowest BCUT2D eigenvalue weighted by atomic mass is 10.2. The summed E-state index contributed by atoms with van der Waals surface area (Å²) in [6.45, 7) is 4.97. The lowest BCUT2D eigenvalue weighted by Gasteiger charge is -2.22. The minimum absolute atomic E-state index is 0.119. The van der Waals surface area contributed by atoms with Gasteiger partial charge in [0.25, 0.3) is 5.91 Å². The number of halogens is 1. The fourth-order valence-corrected chi connectivity index (χ4v) is 3.11. The number of H-pyrrole nitrogens is 1. The molecule has 1 aliphatic heterocycles. The molecule has 1 aromatic carbocycles. The van der Waals surface area contributed by atoms with Crippen LogP contribution in [0.25, 0.3) is 0 Å². The van der Waals surface area contributed by atoms with E-state index in [1.807, 2.05) is 0 Å². The van der Waals surface area contributed by atoms with E-state index < -0.39 is 5.82 Å². The minimum atomic E-state index is -0.419. The molecule has 0 saturated carbocycles. The number of amides is 1. The molecule has 2 N–H and O–H groups in total. The number of ether oxygens (including phenoxy) is 1. The average molecular weight is 346 g/mol. The van der Waals surface area contributed by atoms with Crippen molar-refractivity contribution < 1.29 is 13.9 Å². The third-order valence-corrected chi connectivity index (χ3v) is 4.49. The third kappa shape index (κ3) is 4.36. The first-order chi connectivity index (χ1) is 12.2. The Balaban J connectivity index is 1.50. The van der Waals surface area contributed by atoms with Crippen LogP contribution in [0, 0.1) is 5.82 Å². The van der Waals surface area contributed by atoms with Crippen LogP contribution in [0.3, 0.4) is 0 Å². The molecular weight excluding hydrogens is 323 g/mol. The number of hydrogen-bond donors (Lipinski definition) is 2. The molecule has 7 heteroatoms. The maximum atomic E-state index is 13.5. The lowest BCUT2D eigenvalue weighted by Crippen LogP contribution is -2.40. The molecule has 2 heterocycles. The van der Waals surface area contributed by atoms with Gasteiger partial charge in [-0.1, -0.05) is 19.1 Å². The summed E-state index contributed by atoms with van der Waals surface area (Å²) in [4.78, 5) is 14.6. The third-order valence-electron chi connectivity index (χ3n) is 4.49. The van der Waals surface area contributed by atoms with Crippen LogP contribution >= 0.6 is 0 Å². The van der Waals surface area contributed by atoms with Gasteiger partial charge < -0.3 is 10.1 Å². The summed E-state index contributed by atoms with van der Waals surface area (Å²) in [7, 11) is 0. The van der Waals surface area contributed by atoms with Gasteiger partial charge in [0, 0.05) is 12.6 Å². The molecule has 1 aromatic heterocycles. The second-order valence-electron chi connectivity index (χ2n) is 6.13. The average Bonchev–Trinajstić information content (AvgIpc) is 3.28. The van der Waals surface area contributed by atoms with E-state index in [9.17, 15) is 9.18 Å². The number of hydrogen-bond acceptors (Lipinski definition) is 4. The number of carbonyl (C=O) groups is 1. The SMILES string of the molecule is CCN1CCC[C@H]1CNC(=O)c1cc(COc2ccccc2F)[nH]n1. The number of likely N-dealkylation sites (tertiary alicyclic amines) is 1. The molecule has 1 amide bonds. The van der Waals surface area contributed by atoms with E-state index in [4.69, 9.17) is 4.74 Å². The number of para-hydroxylation sites is 1. The monoisotopic (exact) mass is 346 g/mol. The first-order valence-electron chi connectivity index (χ1n) is 8.61. The second kappa shape index (κ2) is 8.11. The minimum Gasteiger partial charge on any atom is -0.484 e. The zero-order chi connectivity index (χ0) is 17.6. The number of nitrogens with one attached hydrogen (secondary N) is 2. The standard InChI is InChI=1S/C18H23FN4O2/c1-2-23-9-5-6-14(23)11-20-18(24)16-10-13(21-22-16)12-25-17-8-4-3-7-15(17)19/h3-4,7-8,10,14H,2,5-6,9,11-12H2,1H3,(H,20,24)(H,21,22)/t14-/m0/s1. The van der Waals surface area contributed by atoms with Crippen LogP contribution in [0.2, 0.25) is 0 Å². The van der Waals surface area contributed by atoms with E-state index in [-0.39, 0.29) is 18.3 Å². The van der Waals surface area contributed by atoms with Crippen molar-refractivity contribution >= 4 is 5.91 Å². The largest absolute Gasteiger partial charge is 0.484 e. The molecule has 134 valence electrons.